The molecule has 1 aliphatic carbocycles. The van der Waals surface area contributed by atoms with Gasteiger partial charge in [0, 0.05) is 6.54 Å². The molecule has 1 fully saturated rings. The SMILES string of the molecule is Cc1ccc(F)c(C(=O)NCCC2CCCC(C)C2)c1. The molecule has 1 aromatic carbocycles. The van der Waals surface area contributed by atoms with Crippen LogP contribution in [0.4, 0.5) is 4.39 Å². The largest absolute Gasteiger partial charge is 0.352 e. The Morgan fingerprint density at radius 1 is 1.40 bits per heavy atom. The van der Waals surface area contributed by atoms with Crippen molar-refractivity contribution < 1.29 is 9.18 Å². The summed E-state index contributed by atoms with van der Waals surface area (Å²) in [7, 11) is 0. The third-order valence-electron chi connectivity index (χ3n) is 4.25. The summed E-state index contributed by atoms with van der Waals surface area (Å²) in [4.78, 5) is 12.0. The molecule has 3 heteroatoms. The summed E-state index contributed by atoms with van der Waals surface area (Å²) in [5.74, 6) is 0.773. The summed E-state index contributed by atoms with van der Waals surface area (Å²) in [6.07, 6.45) is 6.15. The second kappa shape index (κ2) is 6.87. The Kier molecular flexibility index (Phi) is 5.16. The van der Waals surface area contributed by atoms with Gasteiger partial charge in [-0.1, -0.05) is 37.8 Å². The van der Waals surface area contributed by atoms with E-state index in [4.69, 9.17) is 0 Å². The van der Waals surface area contributed by atoms with Crippen molar-refractivity contribution in [2.75, 3.05) is 6.54 Å². The van der Waals surface area contributed by atoms with Crippen LogP contribution in [-0.4, -0.2) is 12.5 Å². The number of rotatable bonds is 4. The number of benzene rings is 1. The molecule has 0 saturated heterocycles. The van der Waals surface area contributed by atoms with Crippen LogP contribution in [0.15, 0.2) is 18.2 Å². The number of nitrogens with one attached hydrogen (secondary N) is 1. The molecule has 20 heavy (non-hydrogen) atoms. The molecule has 1 amide bonds. The second-order valence-electron chi connectivity index (χ2n) is 6.17. The molecule has 1 saturated carbocycles. The third-order valence-corrected chi connectivity index (χ3v) is 4.25. The maximum atomic E-state index is 13.6. The average molecular weight is 277 g/mol. The minimum absolute atomic E-state index is 0.155. The first-order valence-corrected chi connectivity index (χ1v) is 7.60. The number of amides is 1. The van der Waals surface area contributed by atoms with Gasteiger partial charge in [-0.3, -0.25) is 4.79 Å². The fourth-order valence-electron chi connectivity index (χ4n) is 3.12. The molecule has 0 bridgehead atoms. The molecule has 2 unspecified atom stereocenters. The van der Waals surface area contributed by atoms with E-state index < -0.39 is 5.82 Å². The molecule has 0 aromatic heterocycles. The lowest BCUT2D eigenvalue weighted by Crippen LogP contribution is -2.27. The summed E-state index contributed by atoms with van der Waals surface area (Å²) in [6, 6.07) is 4.63. The molecule has 2 atom stereocenters. The first kappa shape index (κ1) is 15.0. The number of halogens is 1. The molecule has 0 radical (unpaired) electrons. The zero-order valence-electron chi connectivity index (χ0n) is 12.4. The highest BCUT2D eigenvalue weighted by molar-refractivity contribution is 5.94. The van der Waals surface area contributed by atoms with E-state index in [0.717, 1.165) is 17.9 Å². The predicted octanol–water partition coefficient (Wildman–Crippen LogP) is 4.08. The molecule has 1 N–H and O–H groups in total. The number of hydrogen-bond donors (Lipinski definition) is 1. The van der Waals surface area contributed by atoms with E-state index >= 15 is 0 Å². The molecular formula is C17H24FNO. The molecule has 0 heterocycles. The maximum Gasteiger partial charge on any atom is 0.254 e. The summed E-state index contributed by atoms with van der Waals surface area (Å²) >= 11 is 0. The predicted molar refractivity (Wildman–Crippen MR) is 79.2 cm³/mol. The number of carbonyl (C=O) groups excluding carboxylic acids is 1. The lowest BCUT2D eigenvalue weighted by molar-refractivity contribution is 0.0945. The van der Waals surface area contributed by atoms with Crippen LogP contribution in [0.25, 0.3) is 0 Å². The van der Waals surface area contributed by atoms with E-state index in [-0.39, 0.29) is 11.5 Å². The van der Waals surface area contributed by atoms with Crippen LogP contribution in [0.2, 0.25) is 0 Å². The van der Waals surface area contributed by atoms with Crippen molar-refractivity contribution in [2.45, 2.75) is 46.0 Å². The fraction of sp³-hybridized carbons (Fsp3) is 0.588. The van der Waals surface area contributed by atoms with Gasteiger partial charge in [0.15, 0.2) is 0 Å². The van der Waals surface area contributed by atoms with Gasteiger partial charge in [0.25, 0.3) is 5.91 Å². The number of aryl methyl sites for hydroxylation is 1. The summed E-state index contributed by atoms with van der Waals surface area (Å²) < 4.78 is 13.6. The Balaban J connectivity index is 1.81. The normalized spacial score (nSPS) is 22.6. The van der Waals surface area contributed by atoms with E-state index in [9.17, 15) is 9.18 Å². The van der Waals surface area contributed by atoms with Gasteiger partial charge in [-0.15, -0.1) is 0 Å². The Bertz CT molecular complexity index is 472. The van der Waals surface area contributed by atoms with Crippen molar-refractivity contribution in [1.82, 2.24) is 5.32 Å². The Hall–Kier alpha value is -1.38. The van der Waals surface area contributed by atoms with Crippen LogP contribution in [0.1, 0.15) is 54.9 Å². The van der Waals surface area contributed by atoms with E-state index in [1.54, 1.807) is 12.1 Å². The molecule has 1 aromatic rings. The summed E-state index contributed by atoms with van der Waals surface area (Å²) in [5.41, 5.74) is 1.06. The molecule has 2 rings (SSSR count). The van der Waals surface area contributed by atoms with Gasteiger partial charge in [-0.25, -0.2) is 4.39 Å². The summed E-state index contributed by atoms with van der Waals surface area (Å²) in [5, 5.41) is 2.85. The highest BCUT2D eigenvalue weighted by Crippen LogP contribution is 2.30. The van der Waals surface area contributed by atoms with E-state index in [1.807, 2.05) is 6.92 Å². The standard InChI is InChI=1S/C17H24FNO/c1-12-4-3-5-14(10-12)8-9-19-17(20)15-11-13(2)6-7-16(15)18/h6-7,11-12,14H,3-5,8-10H2,1-2H3,(H,19,20). The van der Waals surface area contributed by atoms with Crippen LogP contribution < -0.4 is 5.32 Å². The zero-order chi connectivity index (χ0) is 14.5. The first-order valence-electron chi connectivity index (χ1n) is 7.60. The topological polar surface area (TPSA) is 29.1 Å². The van der Waals surface area contributed by atoms with E-state index in [0.29, 0.717) is 12.5 Å². The highest BCUT2D eigenvalue weighted by atomic mass is 19.1. The van der Waals surface area contributed by atoms with E-state index in [2.05, 4.69) is 12.2 Å². The zero-order valence-corrected chi connectivity index (χ0v) is 12.4. The van der Waals surface area contributed by atoms with Crippen LogP contribution >= 0.6 is 0 Å². The number of hydrogen-bond acceptors (Lipinski definition) is 1. The Morgan fingerprint density at radius 3 is 2.95 bits per heavy atom. The van der Waals surface area contributed by atoms with Gasteiger partial charge in [0.05, 0.1) is 5.56 Å². The van der Waals surface area contributed by atoms with Crippen LogP contribution in [0, 0.1) is 24.6 Å². The van der Waals surface area contributed by atoms with Crippen molar-refractivity contribution in [3.63, 3.8) is 0 Å². The van der Waals surface area contributed by atoms with Crippen LogP contribution in [0.3, 0.4) is 0 Å². The van der Waals surface area contributed by atoms with Crippen LogP contribution in [0.5, 0.6) is 0 Å². The van der Waals surface area contributed by atoms with Crippen molar-refractivity contribution in [1.29, 1.82) is 0 Å². The lowest BCUT2D eigenvalue weighted by Gasteiger charge is -2.26. The fourth-order valence-corrected chi connectivity index (χ4v) is 3.12. The molecular weight excluding hydrogens is 253 g/mol. The van der Waals surface area contributed by atoms with Gasteiger partial charge in [-0.2, -0.15) is 0 Å². The Labute approximate surface area is 120 Å². The Morgan fingerprint density at radius 2 is 2.20 bits per heavy atom. The van der Waals surface area contributed by atoms with Gasteiger partial charge in [0.1, 0.15) is 5.82 Å². The monoisotopic (exact) mass is 277 g/mol. The van der Waals surface area contributed by atoms with Crippen LogP contribution in [-0.2, 0) is 0 Å². The summed E-state index contributed by atoms with van der Waals surface area (Å²) in [6.45, 7) is 4.80. The van der Waals surface area contributed by atoms with E-state index in [1.165, 1.54) is 31.7 Å². The molecule has 1 aliphatic rings. The minimum Gasteiger partial charge on any atom is -0.352 e. The molecule has 0 spiro atoms. The molecule has 2 nitrogen and oxygen atoms in total. The maximum absolute atomic E-state index is 13.6. The van der Waals surface area contributed by atoms with Gasteiger partial charge >= 0.3 is 0 Å². The molecule has 0 aliphatic heterocycles. The van der Waals surface area contributed by atoms with Crippen molar-refractivity contribution >= 4 is 5.91 Å². The van der Waals surface area contributed by atoms with Crippen molar-refractivity contribution in [2.24, 2.45) is 11.8 Å². The minimum atomic E-state index is -0.445. The smallest absolute Gasteiger partial charge is 0.254 e. The average Bonchev–Trinajstić information content (AvgIpc) is 2.41. The van der Waals surface area contributed by atoms with Crippen molar-refractivity contribution in [3.05, 3.63) is 35.1 Å². The number of carbonyl (C=O) groups is 1. The second-order valence-corrected chi connectivity index (χ2v) is 6.17. The van der Waals surface area contributed by atoms with Crippen molar-refractivity contribution in [3.8, 4) is 0 Å². The van der Waals surface area contributed by atoms with Gasteiger partial charge in [0.2, 0.25) is 0 Å². The first-order chi connectivity index (χ1) is 9.56. The van der Waals surface area contributed by atoms with Gasteiger partial charge in [-0.05, 0) is 43.7 Å². The molecule has 110 valence electrons. The van der Waals surface area contributed by atoms with Gasteiger partial charge < -0.3 is 5.32 Å². The highest BCUT2D eigenvalue weighted by Gasteiger charge is 2.19. The lowest BCUT2D eigenvalue weighted by atomic mass is 9.81. The quantitative estimate of drug-likeness (QED) is 0.882. The third kappa shape index (κ3) is 4.06.